The number of amides is 2. The molecule has 0 saturated heterocycles. The Balaban J connectivity index is 2.51. The van der Waals surface area contributed by atoms with E-state index >= 15 is 0 Å². The highest BCUT2D eigenvalue weighted by Crippen LogP contribution is 2.36. The quantitative estimate of drug-likeness (QED) is 0.427. The summed E-state index contributed by atoms with van der Waals surface area (Å²) in [6, 6.07) is 6.19. The number of sulfonamides is 1. The van der Waals surface area contributed by atoms with E-state index < -0.39 is 64.2 Å². The number of carbonyl (C=O) groups is 2. The highest BCUT2D eigenvalue weighted by atomic mass is 35.5. The van der Waals surface area contributed by atoms with Gasteiger partial charge in [0.2, 0.25) is 21.8 Å². The average Bonchev–Trinajstić information content (AvgIpc) is 2.80. The van der Waals surface area contributed by atoms with Crippen LogP contribution in [0.2, 0.25) is 5.02 Å². The Morgan fingerprint density at radius 1 is 1.11 bits per heavy atom. The van der Waals surface area contributed by atoms with Crippen molar-refractivity contribution in [2.24, 2.45) is 0 Å². The predicted molar refractivity (Wildman–Crippen MR) is 133 cm³/mol. The van der Waals surface area contributed by atoms with Crippen LogP contribution in [0.25, 0.3) is 0 Å². The fourth-order valence-corrected chi connectivity index (χ4v) is 4.46. The van der Waals surface area contributed by atoms with Gasteiger partial charge in [-0.05, 0) is 44.5 Å². The van der Waals surface area contributed by atoms with E-state index in [1.165, 1.54) is 25.1 Å². The van der Waals surface area contributed by atoms with Crippen molar-refractivity contribution in [1.29, 1.82) is 0 Å². The largest absolute Gasteiger partial charge is 0.416 e. The summed E-state index contributed by atoms with van der Waals surface area (Å²) >= 11 is 6.03. The van der Waals surface area contributed by atoms with Crippen molar-refractivity contribution in [3.05, 3.63) is 64.4 Å². The number of rotatable bonds is 10. The zero-order chi connectivity index (χ0) is 28.1. The fourth-order valence-electron chi connectivity index (χ4n) is 3.33. The van der Waals surface area contributed by atoms with Crippen molar-refractivity contribution >= 4 is 39.1 Å². The normalized spacial score (nSPS) is 13.5. The van der Waals surface area contributed by atoms with Crippen LogP contribution in [-0.4, -0.2) is 50.0 Å². The molecule has 0 heterocycles. The molecular formula is C24H28ClF4N3O4S. The van der Waals surface area contributed by atoms with Crippen LogP contribution in [-0.2, 0) is 32.3 Å². The van der Waals surface area contributed by atoms with Crippen molar-refractivity contribution < 1.29 is 35.6 Å². The van der Waals surface area contributed by atoms with Crippen molar-refractivity contribution in [2.75, 3.05) is 17.1 Å². The monoisotopic (exact) mass is 565 g/mol. The van der Waals surface area contributed by atoms with Crippen molar-refractivity contribution in [2.45, 2.75) is 52.0 Å². The molecule has 0 aromatic heterocycles. The number of nitrogens with one attached hydrogen (secondary N) is 1. The number of hydrogen-bond acceptors (Lipinski definition) is 4. The van der Waals surface area contributed by atoms with Crippen molar-refractivity contribution in [3.8, 4) is 0 Å². The number of halogens is 5. The Hall–Kier alpha value is -2.86. The topological polar surface area (TPSA) is 86.8 Å². The van der Waals surface area contributed by atoms with Crippen LogP contribution >= 0.6 is 11.6 Å². The molecule has 0 aliphatic rings. The van der Waals surface area contributed by atoms with Gasteiger partial charge in [0.15, 0.2) is 0 Å². The number of hydrogen-bond donors (Lipinski definition) is 1. The van der Waals surface area contributed by atoms with Gasteiger partial charge in [-0.15, -0.1) is 0 Å². The summed E-state index contributed by atoms with van der Waals surface area (Å²) in [5, 5.41) is 2.37. The SMILES string of the molecule is CC[C@@H](C)NC(=O)[C@H](C)N(Cc1ccccc1F)C(=O)CN(c1cc(C(F)(F)F)ccc1Cl)S(C)(=O)=O. The third-order valence-electron chi connectivity index (χ3n) is 5.69. The van der Waals surface area contributed by atoms with E-state index in [4.69, 9.17) is 11.6 Å². The number of anilines is 1. The third kappa shape index (κ3) is 8.06. The second kappa shape index (κ2) is 12.1. The molecule has 0 aliphatic carbocycles. The highest BCUT2D eigenvalue weighted by Gasteiger charge is 2.35. The van der Waals surface area contributed by atoms with Gasteiger partial charge in [-0.1, -0.05) is 36.7 Å². The number of nitrogens with zero attached hydrogens (tertiary/aromatic N) is 2. The minimum Gasteiger partial charge on any atom is -0.352 e. The van der Waals surface area contributed by atoms with Crippen LogP contribution in [0.1, 0.15) is 38.3 Å². The van der Waals surface area contributed by atoms with Crippen LogP contribution in [0.3, 0.4) is 0 Å². The molecule has 7 nitrogen and oxygen atoms in total. The number of benzene rings is 2. The van der Waals surface area contributed by atoms with Gasteiger partial charge in [0, 0.05) is 18.2 Å². The lowest BCUT2D eigenvalue weighted by Gasteiger charge is -2.32. The summed E-state index contributed by atoms with van der Waals surface area (Å²) in [5.74, 6) is -2.17. The maximum Gasteiger partial charge on any atom is 0.416 e. The minimum atomic E-state index is -4.80. The fraction of sp³-hybridized carbons (Fsp3) is 0.417. The molecule has 0 bridgehead atoms. The standard InChI is InChI=1S/C24H28ClF4N3O4S/c1-5-15(2)30-23(34)16(3)31(13-17-8-6-7-9-20(17)26)22(33)14-32(37(4,35)36)21-12-18(24(27,28)29)10-11-19(21)25/h6-12,15-16H,5,13-14H2,1-4H3,(H,30,34)/t15-,16+/m1/s1. The van der Waals surface area contributed by atoms with Crippen LogP contribution in [0, 0.1) is 5.82 Å². The molecule has 13 heteroatoms. The summed E-state index contributed by atoms with van der Waals surface area (Å²) < 4.78 is 79.9. The molecular weight excluding hydrogens is 538 g/mol. The number of carbonyl (C=O) groups excluding carboxylic acids is 2. The molecule has 2 atom stereocenters. The summed E-state index contributed by atoms with van der Waals surface area (Å²) in [4.78, 5) is 27.2. The molecule has 37 heavy (non-hydrogen) atoms. The Labute approximate surface area is 218 Å². The van der Waals surface area contributed by atoms with Crippen LogP contribution in [0.4, 0.5) is 23.2 Å². The molecule has 2 rings (SSSR count). The average molecular weight is 566 g/mol. The second-order valence-corrected chi connectivity index (χ2v) is 10.9. The first-order valence-corrected chi connectivity index (χ1v) is 13.5. The number of alkyl halides is 3. The van der Waals surface area contributed by atoms with E-state index in [9.17, 15) is 35.6 Å². The Kier molecular flexibility index (Phi) is 9.95. The summed E-state index contributed by atoms with van der Waals surface area (Å²) in [5.41, 5.74) is -1.67. The first-order valence-electron chi connectivity index (χ1n) is 11.2. The molecule has 204 valence electrons. The second-order valence-electron chi connectivity index (χ2n) is 8.54. The zero-order valence-corrected chi connectivity index (χ0v) is 22.2. The molecule has 0 spiro atoms. The molecule has 0 fully saturated rings. The van der Waals surface area contributed by atoms with E-state index in [1.807, 2.05) is 6.92 Å². The minimum absolute atomic E-state index is 0.0575. The van der Waals surface area contributed by atoms with Crippen molar-refractivity contribution in [1.82, 2.24) is 10.2 Å². The maximum absolute atomic E-state index is 14.4. The summed E-state index contributed by atoms with van der Waals surface area (Å²) in [6.45, 7) is 3.59. The van der Waals surface area contributed by atoms with E-state index in [0.29, 0.717) is 29.1 Å². The van der Waals surface area contributed by atoms with Gasteiger partial charge in [-0.25, -0.2) is 12.8 Å². The van der Waals surface area contributed by atoms with E-state index in [0.717, 1.165) is 17.0 Å². The summed E-state index contributed by atoms with van der Waals surface area (Å²) in [7, 11) is -4.32. The van der Waals surface area contributed by atoms with Crippen LogP contribution in [0.5, 0.6) is 0 Å². The Morgan fingerprint density at radius 3 is 2.27 bits per heavy atom. The lowest BCUT2D eigenvalue weighted by Crippen LogP contribution is -2.52. The van der Waals surface area contributed by atoms with Gasteiger partial charge in [0.05, 0.1) is 22.5 Å². The van der Waals surface area contributed by atoms with Gasteiger partial charge in [-0.2, -0.15) is 13.2 Å². The molecule has 2 aromatic rings. The van der Waals surface area contributed by atoms with Gasteiger partial charge in [-0.3, -0.25) is 13.9 Å². The summed E-state index contributed by atoms with van der Waals surface area (Å²) in [6.07, 6.45) is -3.50. The Bertz CT molecular complexity index is 1240. The third-order valence-corrected chi connectivity index (χ3v) is 7.13. The smallest absolute Gasteiger partial charge is 0.352 e. The van der Waals surface area contributed by atoms with E-state index in [1.54, 1.807) is 6.92 Å². The lowest BCUT2D eigenvalue weighted by atomic mass is 10.1. The molecule has 2 aromatic carbocycles. The van der Waals surface area contributed by atoms with E-state index in [-0.39, 0.29) is 16.6 Å². The van der Waals surface area contributed by atoms with Crippen molar-refractivity contribution in [3.63, 3.8) is 0 Å². The maximum atomic E-state index is 14.4. The van der Waals surface area contributed by atoms with E-state index in [2.05, 4.69) is 5.32 Å². The molecule has 2 amide bonds. The first-order chi connectivity index (χ1) is 17.1. The lowest BCUT2D eigenvalue weighted by molar-refractivity contribution is -0.139. The molecule has 0 unspecified atom stereocenters. The van der Waals surface area contributed by atoms with Gasteiger partial charge in [0.25, 0.3) is 0 Å². The molecule has 0 saturated carbocycles. The van der Waals surface area contributed by atoms with Gasteiger partial charge >= 0.3 is 6.18 Å². The van der Waals surface area contributed by atoms with Crippen LogP contribution < -0.4 is 9.62 Å². The molecule has 1 N–H and O–H groups in total. The zero-order valence-electron chi connectivity index (χ0n) is 20.6. The highest BCUT2D eigenvalue weighted by molar-refractivity contribution is 7.92. The van der Waals surface area contributed by atoms with Gasteiger partial charge in [0.1, 0.15) is 18.4 Å². The first kappa shape index (κ1) is 30.4. The predicted octanol–water partition coefficient (Wildman–Crippen LogP) is 4.60. The molecule has 0 radical (unpaired) electrons. The molecule has 0 aliphatic heterocycles. The van der Waals surface area contributed by atoms with Crippen LogP contribution in [0.15, 0.2) is 42.5 Å². The van der Waals surface area contributed by atoms with Gasteiger partial charge < -0.3 is 10.2 Å². The Morgan fingerprint density at radius 2 is 1.73 bits per heavy atom.